The molecule has 2 aliphatic carbocycles. The molecule has 3 nitrogen and oxygen atoms in total. The average molecular weight is 383 g/mol. The average Bonchev–Trinajstić information content (AvgIpc) is 3.25. The number of halogens is 1. The van der Waals surface area contributed by atoms with Crippen LogP contribution in [0.25, 0.3) is 10.9 Å². The highest BCUT2D eigenvalue weighted by molar-refractivity contribution is 7.89. The quantitative estimate of drug-likeness (QED) is 0.721. The molecule has 0 amide bonds. The molecule has 1 saturated carbocycles. The number of aryl methyl sites for hydroxylation is 1. The Labute approximate surface area is 158 Å². The summed E-state index contributed by atoms with van der Waals surface area (Å²) < 4.78 is 37.4. The number of hydrogen-bond acceptors (Lipinski definition) is 2. The molecule has 27 heavy (non-hydrogen) atoms. The van der Waals surface area contributed by atoms with Gasteiger partial charge < -0.3 is 4.98 Å². The molecule has 5 rings (SSSR count). The van der Waals surface area contributed by atoms with Crippen LogP contribution in [0.1, 0.15) is 41.5 Å². The third-order valence-corrected chi connectivity index (χ3v) is 7.15. The van der Waals surface area contributed by atoms with Crippen LogP contribution in [0.2, 0.25) is 0 Å². The van der Waals surface area contributed by atoms with Crippen molar-refractivity contribution in [1.29, 1.82) is 0 Å². The minimum atomic E-state index is -3.11. The minimum Gasteiger partial charge on any atom is -0.361 e. The molecular formula is C22H22FNO2S. The Morgan fingerprint density at radius 2 is 2.00 bits per heavy atom. The number of sulfone groups is 1. The predicted octanol–water partition coefficient (Wildman–Crippen LogP) is 4.49. The van der Waals surface area contributed by atoms with Crippen molar-refractivity contribution in [2.45, 2.75) is 36.9 Å². The maximum Gasteiger partial charge on any atom is 0.151 e. The summed E-state index contributed by atoms with van der Waals surface area (Å²) in [4.78, 5) is 3.37. The van der Waals surface area contributed by atoms with Gasteiger partial charge in [-0.05, 0) is 66.0 Å². The van der Waals surface area contributed by atoms with Gasteiger partial charge in [0.05, 0.1) is 5.75 Å². The third kappa shape index (κ3) is 2.63. The van der Waals surface area contributed by atoms with Crippen molar-refractivity contribution in [1.82, 2.24) is 4.98 Å². The lowest BCUT2D eigenvalue weighted by atomic mass is 9.71. The first-order valence-electron chi connectivity index (χ1n) is 9.44. The van der Waals surface area contributed by atoms with Gasteiger partial charge in [-0.15, -0.1) is 0 Å². The van der Waals surface area contributed by atoms with Crippen molar-refractivity contribution in [3.63, 3.8) is 0 Å². The summed E-state index contributed by atoms with van der Waals surface area (Å²) in [5, 5.41) is 1.10. The first kappa shape index (κ1) is 17.0. The summed E-state index contributed by atoms with van der Waals surface area (Å²) in [5.41, 5.74) is 5.23. The highest BCUT2D eigenvalue weighted by Crippen LogP contribution is 2.59. The number of hydrogen-bond donors (Lipinski definition) is 1. The molecule has 0 bridgehead atoms. The fourth-order valence-corrected chi connectivity index (χ4v) is 5.97. The van der Waals surface area contributed by atoms with Gasteiger partial charge in [0.15, 0.2) is 9.84 Å². The van der Waals surface area contributed by atoms with Crippen molar-refractivity contribution >= 4 is 20.7 Å². The van der Waals surface area contributed by atoms with Gasteiger partial charge >= 0.3 is 0 Å². The van der Waals surface area contributed by atoms with E-state index in [-0.39, 0.29) is 17.0 Å². The summed E-state index contributed by atoms with van der Waals surface area (Å²) in [6, 6.07) is 11.1. The van der Waals surface area contributed by atoms with E-state index in [2.05, 4.69) is 17.2 Å². The maximum atomic E-state index is 13.8. The van der Waals surface area contributed by atoms with Gasteiger partial charge in [-0.2, -0.15) is 0 Å². The van der Waals surface area contributed by atoms with Crippen LogP contribution in [-0.2, 0) is 27.4 Å². The summed E-state index contributed by atoms with van der Waals surface area (Å²) in [6.07, 6.45) is 7.58. The highest BCUT2D eigenvalue weighted by atomic mass is 32.2. The second-order valence-electron chi connectivity index (χ2n) is 8.16. The standard InChI is InChI=1S/C22H22FNO2S/c1-27(25,26)13-15-3-2-4-18-20(12-24-21(15)18)22(16-5-6-16)10-9-14-11-17(23)7-8-19(14)22/h2-4,7-8,11-12,16,24H,5-6,9-10,13H2,1H3. The fourth-order valence-electron chi connectivity index (χ4n) is 5.16. The van der Waals surface area contributed by atoms with Crippen molar-refractivity contribution in [3.05, 3.63) is 70.7 Å². The monoisotopic (exact) mass is 383 g/mol. The van der Waals surface area contributed by atoms with E-state index in [0.29, 0.717) is 5.92 Å². The number of nitrogens with one attached hydrogen (secondary N) is 1. The van der Waals surface area contributed by atoms with Crippen molar-refractivity contribution in [2.75, 3.05) is 6.26 Å². The van der Waals surface area contributed by atoms with Crippen molar-refractivity contribution in [3.8, 4) is 0 Å². The number of rotatable bonds is 4. The van der Waals surface area contributed by atoms with E-state index in [0.717, 1.165) is 34.9 Å². The SMILES string of the molecule is CS(=O)(=O)Cc1cccc2c(C3(C4CC4)CCc4cc(F)ccc43)c[nH]c12. The molecule has 1 heterocycles. The Kier molecular flexibility index (Phi) is 3.57. The van der Waals surface area contributed by atoms with E-state index < -0.39 is 9.84 Å². The van der Waals surface area contributed by atoms with E-state index in [1.165, 1.54) is 30.2 Å². The molecule has 140 valence electrons. The van der Waals surface area contributed by atoms with Gasteiger partial charge in [0, 0.05) is 28.8 Å². The molecule has 3 aromatic rings. The summed E-state index contributed by atoms with van der Waals surface area (Å²) in [5.74, 6) is 0.430. The van der Waals surface area contributed by atoms with E-state index in [1.54, 1.807) is 12.1 Å². The van der Waals surface area contributed by atoms with Gasteiger partial charge in [0.1, 0.15) is 5.82 Å². The molecule has 1 atom stereocenters. The molecule has 5 heteroatoms. The van der Waals surface area contributed by atoms with Gasteiger partial charge in [0.25, 0.3) is 0 Å². The summed E-state index contributed by atoms with van der Waals surface area (Å²) in [6.45, 7) is 0. The lowest BCUT2D eigenvalue weighted by Crippen LogP contribution is -2.27. The fraction of sp³-hybridized carbons (Fsp3) is 0.364. The van der Waals surface area contributed by atoms with E-state index in [1.807, 2.05) is 18.2 Å². The van der Waals surface area contributed by atoms with Crippen LogP contribution in [0.15, 0.2) is 42.6 Å². The number of benzene rings is 2. The van der Waals surface area contributed by atoms with Crippen LogP contribution in [0.5, 0.6) is 0 Å². The lowest BCUT2D eigenvalue weighted by molar-refractivity contribution is 0.448. The Balaban J connectivity index is 1.72. The zero-order chi connectivity index (χ0) is 18.8. The van der Waals surface area contributed by atoms with Gasteiger partial charge in [-0.1, -0.05) is 24.3 Å². The molecule has 1 unspecified atom stereocenters. The Morgan fingerprint density at radius 1 is 1.19 bits per heavy atom. The Hall–Kier alpha value is -2.14. The van der Waals surface area contributed by atoms with E-state index in [4.69, 9.17) is 0 Å². The normalized spacial score (nSPS) is 22.3. The van der Waals surface area contributed by atoms with Crippen molar-refractivity contribution in [2.24, 2.45) is 5.92 Å². The van der Waals surface area contributed by atoms with Crippen LogP contribution < -0.4 is 0 Å². The molecule has 1 N–H and O–H groups in total. The van der Waals surface area contributed by atoms with Gasteiger partial charge in [0.2, 0.25) is 0 Å². The number of aromatic amines is 1. The van der Waals surface area contributed by atoms with E-state index >= 15 is 0 Å². The predicted molar refractivity (Wildman–Crippen MR) is 105 cm³/mol. The van der Waals surface area contributed by atoms with Gasteiger partial charge in [-0.3, -0.25) is 0 Å². The number of para-hydroxylation sites is 1. The second kappa shape index (κ2) is 5.68. The molecule has 0 saturated heterocycles. The minimum absolute atomic E-state index is 0.0303. The van der Waals surface area contributed by atoms with Crippen LogP contribution in [0.3, 0.4) is 0 Å². The second-order valence-corrected chi connectivity index (χ2v) is 10.3. The Morgan fingerprint density at radius 3 is 2.74 bits per heavy atom. The lowest BCUT2D eigenvalue weighted by Gasteiger charge is -2.31. The smallest absolute Gasteiger partial charge is 0.151 e. The van der Waals surface area contributed by atoms with Crippen LogP contribution >= 0.6 is 0 Å². The summed E-state index contributed by atoms with van der Waals surface area (Å²) >= 11 is 0. The van der Waals surface area contributed by atoms with Crippen LogP contribution in [-0.4, -0.2) is 19.7 Å². The van der Waals surface area contributed by atoms with Crippen LogP contribution in [0, 0.1) is 11.7 Å². The summed E-state index contributed by atoms with van der Waals surface area (Å²) in [7, 11) is -3.11. The molecule has 0 radical (unpaired) electrons. The van der Waals surface area contributed by atoms with E-state index in [9.17, 15) is 12.8 Å². The zero-order valence-electron chi connectivity index (χ0n) is 15.3. The molecule has 0 spiro atoms. The number of aromatic nitrogens is 1. The first-order chi connectivity index (χ1) is 12.9. The van der Waals surface area contributed by atoms with Crippen LogP contribution in [0.4, 0.5) is 4.39 Å². The topological polar surface area (TPSA) is 49.9 Å². The zero-order valence-corrected chi connectivity index (χ0v) is 16.1. The number of fused-ring (bicyclic) bond motifs is 2. The molecule has 1 aromatic heterocycles. The molecule has 2 aliphatic rings. The number of H-pyrrole nitrogens is 1. The molecule has 1 fully saturated rings. The maximum absolute atomic E-state index is 13.8. The highest BCUT2D eigenvalue weighted by Gasteiger charge is 2.51. The third-order valence-electron chi connectivity index (χ3n) is 6.31. The molecular weight excluding hydrogens is 361 g/mol. The molecule has 2 aromatic carbocycles. The Bertz CT molecular complexity index is 1160. The van der Waals surface area contributed by atoms with Gasteiger partial charge in [-0.25, -0.2) is 12.8 Å². The molecule has 0 aliphatic heterocycles. The largest absolute Gasteiger partial charge is 0.361 e. The first-order valence-corrected chi connectivity index (χ1v) is 11.5. The van der Waals surface area contributed by atoms with Crippen molar-refractivity contribution < 1.29 is 12.8 Å².